The Morgan fingerprint density at radius 1 is 1.15 bits per heavy atom. The van der Waals surface area contributed by atoms with Gasteiger partial charge in [-0.25, -0.2) is 4.39 Å². The molecule has 1 aliphatic heterocycles. The Bertz CT molecular complexity index is 510. The molecular formula is C15H20BFO3. The molecule has 0 amide bonds. The van der Waals surface area contributed by atoms with E-state index in [4.69, 9.17) is 14.0 Å². The largest absolute Gasteiger partial charge is 0.494 e. The molecule has 20 heavy (non-hydrogen) atoms. The predicted octanol–water partition coefficient (Wildman–Crippen LogP) is 2.67. The van der Waals surface area contributed by atoms with Gasteiger partial charge in [0, 0.05) is 0 Å². The van der Waals surface area contributed by atoms with Crippen LogP contribution in [0, 0.1) is 5.82 Å². The highest BCUT2D eigenvalue weighted by Gasteiger charge is 2.51. The molecule has 1 saturated carbocycles. The molecule has 1 aromatic rings. The summed E-state index contributed by atoms with van der Waals surface area (Å²) in [6.07, 6.45) is 2.17. The van der Waals surface area contributed by atoms with Gasteiger partial charge < -0.3 is 14.0 Å². The first-order valence-corrected chi connectivity index (χ1v) is 7.10. The van der Waals surface area contributed by atoms with Crippen LogP contribution in [0.3, 0.4) is 0 Å². The fraction of sp³-hybridized carbons (Fsp3) is 0.600. The second kappa shape index (κ2) is 4.47. The maximum atomic E-state index is 13.7. The topological polar surface area (TPSA) is 27.7 Å². The summed E-state index contributed by atoms with van der Waals surface area (Å²) in [6.45, 7) is 7.99. The van der Waals surface area contributed by atoms with Crippen LogP contribution in [0.5, 0.6) is 5.75 Å². The Kier molecular flexibility index (Phi) is 3.10. The van der Waals surface area contributed by atoms with Crippen molar-refractivity contribution in [3.8, 4) is 5.75 Å². The maximum absolute atomic E-state index is 13.7. The van der Waals surface area contributed by atoms with E-state index in [9.17, 15) is 4.39 Å². The fourth-order valence-electron chi connectivity index (χ4n) is 2.10. The summed E-state index contributed by atoms with van der Waals surface area (Å²) >= 11 is 0. The monoisotopic (exact) mass is 278 g/mol. The number of benzene rings is 1. The van der Waals surface area contributed by atoms with Crippen LogP contribution in [0.1, 0.15) is 40.5 Å². The molecule has 0 radical (unpaired) electrons. The van der Waals surface area contributed by atoms with Crippen molar-refractivity contribution in [3.63, 3.8) is 0 Å². The normalized spacial score (nSPS) is 23.9. The third-order valence-electron chi connectivity index (χ3n) is 4.30. The lowest BCUT2D eigenvalue weighted by molar-refractivity contribution is 0.00578. The lowest BCUT2D eigenvalue weighted by Crippen LogP contribution is -2.41. The van der Waals surface area contributed by atoms with Crippen molar-refractivity contribution in [2.75, 3.05) is 0 Å². The fourth-order valence-corrected chi connectivity index (χ4v) is 2.10. The first kappa shape index (κ1) is 13.9. The van der Waals surface area contributed by atoms with E-state index < -0.39 is 18.3 Å². The molecule has 2 fully saturated rings. The number of ether oxygens (including phenoxy) is 1. The van der Waals surface area contributed by atoms with E-state index in [-0.39, 0.29) is 11.9 Å². The van der Waals surface area contributed by atoms with Gasteiger partial charge in [-0.05, 0) is 58.1 Å². The van der Waals surface area contributed by atoms with E-state index >= 15 is 0 Å². The molecule has 3 rings (SSSR count). The summed E-state index contributed by atoms with van der Waals surface area (Å²) in [5.74, 6) is -0.0446. The number of rotatable bonds is 3. The Balaban J connectivity index is 1.84. The van der Waals surface area contributed by atoms with Crippen molar-refractivity contribution in [2.45, 2.75) is 57.8 Å². The molecule has 5 heteroatoms. The molecule has 1 saturated heterocycles. The highest BCUT2D eigenvalue weighted by molar-refractivity contribution is 6.62. The zero-order valence-electron chi connectivity index (χ0n) is 12.4. The van der Waals surface area contributed by atoms with Crippen LogP contribution >= 0.6 is 0 Å². The van der Waals surface area contributed by atoms with E-state index in [1.165, 1.54) is 6.07 Å². The van der Waals surface area contributed by atoms with Crippen LogP contribution in [-0.2, 0) is 9.31 Å². The summed E-state index contributed by atoms with van der Waals surface area (Å²) in [5, 5.41) is 0. The Hall–Kier alpha value is -1.07. The minimum Gasteiger partial charge on any atom is -0.487 e. The lowest BCUT2D eigenvalue weighted by atomic mass is 9.79. The van der Waals surface area contributed by atoms with Gasteiger partial charge in [-0.2, -0.15) is 0 Å². The molecule has 0 spiro atoms. The van der Waals surface area contributed by atoms with E-state index in [1.54, 1.807) is 12.1 Å². The average molecular weight is 278 g/mol. The van der Waals surface area contributed by atoms with Crippen molar-refractivity contribution < 1.29 is 18.4 Å². The summed E-state index contributed by atoms with van der Waals surface area (Å²) in [7, 11) is -0.484. The SMILES string of the molecule is CC1(C)OB(c2ccc(F)c(OC3CC3)c2)OC1(C)C. The first-order valence-electron chi connectivity index (χ1n) is 7.10. The van der Waals surface area contributed by atoms with Gasteiger partial charge in [0.25, 0.3) is 0 Å². The zero-order valence-corrected chi connectivity index (χ0v) is 12.4. The Morgan fingerprint density at radius 3 is 2.30 bits per heavy atom. The van der Waals surface area contributed by atoms with Gasteiger partial charge in [0.2, 0.25) is 0 Å². The smallest absolute Gasteiger partial charge is 0.487 e. The van der Waals surface area contributed by atoms with Crippen LogP contribution < -0.4 is 10.2 Å². The maximum Gasteiger partial charge on any atom is 0.494 e. The van der Waals surface area contributed by atoms with Crippen molar-refractivity contribution >= 4 is 12.6 Å². The average Bonchev–Trinajstić information content (AvgIpc) is 3.10. The van der Waals surface area contributed by atoms with Crippen LogP contribution in [0.2, 0.25) is 0 Å². The molecule has 0 atom stereocenters. The molecule has 1 heterocycles. The quantitative estimate of drug-likeness (QED) is 0.795. The molecule has 0 bridgehead atoms. The van der Waals surface area contributed by atoms with Crippen molar-refractivity contribution in [1.82, 2.24) is 0 Å². The summed E-state index contributed by atoms with van der Waals surface area (Å²) in [4.78, 5) is 0. The zero-order chi connectivity index (χ0) is 14.5. The van der Waals surface area contributed by atoms with Crippen LogP contribution in [-0.4, -0.2) is 24.4 Å². The molecule has 2 aliphatic rings. The predicted molar refractivity (Wildman–Crippen MR) is 75.8 cm³/mol. The van der Waals surface area contributed by atoms with Crippen LogP contribution in [0.25, 0.3) is 0 Å². The Morgan fingerprint density at radius 2 is 1.75 bits per heavy atom. The lowest BCUT2D eigenvalue weighted by Gasteiger charge is -2.32. The van der Waals surface area contributed by atoms with E-state index in [0.29, 0.717) is 5.75 Å². The van der Waals surface area contributed by atoms with E-state index in [2.05, 4.69) is 0 Å². The van der Waals surface area contributed by atoms with Gasteiger partial charge in [-0.15, -0.1) is 0 Å². The van der Waals surface area contributed by atoms with Crippen molar-refractivity contribution in [2.24, 2.45) is 0 Å². The van der Waals surface area contributed by atoms with Gasteiger partial charge in [0.15, 0.2) is 11.6 Å². The molecule has 3 nitrogen and oxygen atoms in total. The van der Waals surface area contributed by atoms with Crippen molar-refractivity contribution in [3.05, 3.63) is 24.0 Å². The molecule has 1 aromatic carbocycles. The minimum absolute atomic E-state index is 0.165. The summed E-state index contributed by atoms with van der Waals surface area (Å²) < 4.78 is 31.2. The first-order chi connectivity index (χ1) is 9.28. The van der Waals surface area contributed by atoms with E-state index in [1.807, 2.05) is 27.7 Å². The van der Waals surface area contributed by atoms with Gasteiger partial charge >= 0.3 is 7.12 Å². The number of hydrogen-bond donors (Lipinski definition) is 0. The highest BCUT2D eigenvalue weighted by Crippen LogP contribution is 2.37. The van der Waals surface area contributed by atoms with Crippen molar-refractivity contribution in [1.29, 1.82) is 0 Å². The Labute approximate surface area is 119 Å². The molecule has 108 valence electrons. The molecule has 0 aromatic heterocycles. The summed E-state index contributed by atoms with van der Waals surface area (Å²) in [5.41, 5.74) is -0.00617. The molecule has 0 N–H and O–H groups in total. The third-order valence-corrected chi connectivity index (χ3v) is 4.30. The van der Waals surface area contributed by atoms with Gasteiger partial charge in [0.05, 0.1) is 17.3 Å². The van der Waals surface area contributed by atoms with Gasteiger partial charge in [-0.1, -0.05) is 6.07 Å². The van der Waals surface area contributed by atoms with E-state index in [0.717, 1.165) is 18.3 Å². The summed E-state index contributed by atoms with van der Waals surface area (Å²) in [6, 6.07) is 4.80. The second-order valence-electron chi connectivity index (χ2n) is 6.60. The second-order valence-corrected chi connectivity index (χ2v) is 6.60. The third kappa shape index (κ3) is 2.45. The number of halogens is 1. The minimum atomic E-state index is -0.484. The number of hydrogen-bond acceptors (Lipinski definition) is 3. The molecule has 0 unspecified atom stereocenters. The van der Waals surface area contributed by atoms with Gasteiger partial charge in [0.1, 0.15) is 0 Å². The van der Waals surface area contributed by atoms with Gasteiger partial charge in [-0.3, -0.25) is 0 Å². The standard InChI is InChI=1S/C15H20BFO3/c1-14(2)15(3,4)20-16(19-14)10-5-8-12(17)13(9-10)18-11-6-7-11/h5,8-9,11H,6-7H2,1-4H3. The van der Waals surface area contributed by atoms with Crippen LogP contribution in [0.15, 0.2) is 18.2 Å². The molecular weight excluding hydrogens is 258 g/mol. The van der Waals surface area contributed by atoms with Crippen LogP contribution in [0.4, 0.5) is 4.39 Å². The molecule has 1 aliphatic carbocycles. The highest BCUT2D eigenvalue weighted by atomic mass is 19.1.